The number of aromatic hydroxyl groups is 1. The van der Waals surface area contributed by atoms with Gasteiger partial charge in [-0.2, -0.15) is 13.2 Å². The van der Waals surface area contributed by atoms with Crippen LogP contribution in [0.4, 0.5) is 24.5 Å². The van der Waals surface area contributed by atoms with Crippen LogP contribution in [0.1, 0.15) is 15.9 Å². The number of amides is 1. The molecule has 178 valence electrons. The molecule has 1 heterocycles. The van der Waals surface area contributed by atoms with Crippen molar-refractivity contribution in [2.75, 3.05) is 4.90 Å². The van der Waals surface area contributed by atoms with E-state index in [1.54, 1.807) is 42.5 Å². The molecular formula is C25H15Br2F3N2O3. The van der Waals surface area contributed by atoms with Crippen molar-refractivity contribution in [3.05, 3.63) is 105 Å². The Hall–Kier alpha value is -3.37. The van der Waals surface area contributed by atoms with E-state index >= 15 is 0 Å². The number of aromatic nitrogens is 1. The number of pyridine rings is 1. The summed E-state index contributed by atoms with van der Waals surface area (Å²) >= 11 is 6.56. The van der Waals surface area contributed by atoms with Gasteiger partial charge in [-0.05, 0) is 64.5 Å². The number of anilines is 2. The maximum absolute atomic E-state index is 13.5. The van der Waals surface area contributed by atoms with Crippen molar-refractivity contribution >= 4 is 49.1 Å². The Kier molecular flexibility index (Phi) is 7.13. The minimum atomic E-state index is -4.50. The van der Waals surface area contributed by atoms with E-state index < -0.39 is 17.6 Å². The molecule has 4 rings (SSSR count). The molecule has 0 bridgehead atoms. The lowest BCUT2D eigenvalue weighted by atomic mass is 10.1. The van der Waals surface area contributed by atoms with Crippen LogP contribution in [-0.4, -0.2) is 16.0 Å². The highest BCUT2D eigenvalue weighted by Gasteiger charge is 2.30. The molecule has 4 aromatic rings. The van der Waals surface area contributed by atoms with Crippen molar-refractivity contribution in [1.82, 2.24) is 4.98 Å². The summed E-state index contributed by atoms with van der Waals surface area (Å²) in [5, 5.41) is 10.5. The van der Waals surface area contributed by atoms with Gasteiger partial charge in [-0.15, -0.1) is 0 Å². The number of benzene rings is 3. The Bertz CT molecular complexity index is 1360. The number of alkyl halides is 3. The molecule has 1 N–H and O–H groups in total. The molecular weight excluding hydrogens is 593 g/mol. The molecule has 0 saturated heterocycles. The Morgan fingerprint density at radius 1 is 0.914 bits per heavy atom. The first-order valence-corrected chi connectivity index (χ1v) is 11.6. The number of nitrogens with zero attached hydrogens (tertiary/aromatic N) is 2. The fraction of sp³-hybridized carbons (Fsp3) is 0.0400. The van der Waals surface area contributed by atoms with Crippen molar-refractivity contribution in [3.8, 4) is 17.4 Å². The van der Waals surface area contributed by atoms with Gasteiger partial charge >= 0.3 is 6.18 Å². The molecule has 1 aromatic heterocycles. The van der Waals surface area contributed by atoms with E-state index in [1.165, 1.54) is 35.4 Å². The number of halogens is 5. The Morgan fingerprint density at radius 2 is 1.66 bits per heavy atom. The molecule has 0 atom stereocenters. The first-order chi connectivity index (χ1) is 16.6. The van der Waals surface area contributed by atoms with Crippen LogP contribution in [0.15, 0.2) is 94.0 Å². The van der Waals surface area contributed by atoms with Gasteiger partial charge in [0, 0.05) is 16.2 Å². The number of rotatable bonds is 5. The average Bonchev–Trinajstić information content (AvgIpc) is 2.83. The van der Waals surface area contributed by atoms with Crippen LogP contribution < -0.4 is 9.64 Å². The summed E-state index contributed by atoms with van der Waals surface area (Å²) in [4.78, 5) is 19.1. The van der Waals surface area contributed by atoms with Crippen molar-refractivity contribution in [2.45, 2.75) is 6.18 Å². The first kappa shape index (κ1) is 24.7. The fourth-order valence-corrected chi connectivity index (χ4v) is 4.46. The van der Waals surface area contributed by atoms with Crippen LogP contribution in [0, 0.1) is 0 Å². The monoisotopic (exact) mass is 606 g/mol. The second kappa shape index (κ2) is 10.1. The van der Waals surface area contributed by atoms with Gasteiger partial charge in [-0.3, -0.25) is 9.69 Å². The smallest absolute Gasteiger partial charge is 0.416 e. The van der Waals surface area contributed by atoms with Crippen LogP contribution in [0.25, 0.3) is 0 Å². The molecule has 0 aliphatic carbocycles. The van der Waals surface area contributed by atoms with Crippen molar-refractivity contribution in [2.24, 2.45) is 0 Å². The summed E-state index contributed by atoms with van der Waals surface area (Å²) in [6.45, 7) is 0. The number of hydrogen-bond donors (Lipinski definition) is 1. The van der Waals surface area contributed by atoms with Gasteiger partial charge in [0.15, 0.2) is 0 Å². The molecule has 1 amide bonds. The van der Waals surface area contributed by atoms with Gasteiger partial charge in [0.25, 0.3) is 5.91 Å². The number of ether oxygens (including phenoxy) is 1. The molecule has 0 aliphatic heterocycles. The lowest BCUT2D eigenvalue weighted by Crippen LogP contribution is -2.26. The number of phenols is 1. The minimum Gasteiger partial charge on any atom is -0.506 e. The SMILES string of the molecule is O=C(c1cc(Br)cc(Br)c1O)N(c1ccccc1)c1ccc(Oc2cccc(C(F)(F)F)c2)nc1. The normalized spacial score (nSPS) is 11.2. The second-order valence-electron chi connectivity index (χ2n) is 7.24. The zero-order chi connectivity index (χ0) is 25.2. The van der Waals surface area contributed by atoms with E-state index in [1.807, 2.05) is 0 Å². The molecule has 0 fully saturated rings. The van der Waals surface area contributed by atoms with Crippen LogP contribution >= 0.6 is 31.9 Å². The van der Waals surface area contributed by atoms with Gasteiger partial charge in [-0.25, -0.2) is 4.98 Å². The summed E-state index contributed by atoms with van der Waals surface area (Å²) in [5.41, 5.74) is 0.0706. The van der Waals surface area contributed by atoms with E-state index in [-0.39, 0.29) is 22.9 Å². The molecule has 0 aliphatic rings. The van der Waals surface area contributed by atoms with Crippen molar-refractivity contribution in [3.63, 3.8) is 0 Å². The minimum absolute atomic E-state index is 0.0278. The summed E-state index contributed by atoms with van der Waals surface area (Å²) in [6.07, 6.45) is -3.14. The summed E-state index contributed by atoms with van der Waals surface area (Å²) in [6, 6.07) is 19.3. The van der Waals surface area contributed by atoms with Gasteiger partial charge in [0.2, 0.25) is 5.88 Å². The van der Waals surface area contributed by atoms with Gasteiger partial charge in [-0.1, -0.05) is 40.2 Å². The third kappa shape index (κ3) is 5.66. The quantitative estimate of drug-likeness (QED) is 0.249. The number of phenolic OH excluding ortho intramolecular Hbond substituents is 1. The largest absolute Gasteiger partial charge is 0.506 e. The Morgan fingerprint density at radius 3 is 2.31 bits per heavy atom. The first-order valence-electron chi connectivity index (χ1n) is 10.0. The number of hydrogen-bond acceptors (Lipinski definition) is 4. The van der Waals surface area contributed by atoms with E-state index in [4.69, 9.17) is 4.74 Å². The molecule has 5 nitrogen and oxygen atoms in total. The average molecular weight is 608 g/mol. The van der Waals surface area contributed by atoms with Crippen molar-refractivity contribution in [1.29, 1.82) is 0 Å². The van der Waals surface area contributed by atoms with E-state index in [9.17, 15) is 23.1 Å². The van der Waals surface area contributed by atoms with E-state index in [2.05, 4.69) is 36.8 Å². The molecule has 0 radical (unpaired) electrons. The maximum atomic E-state index is 13.5. The predicted molar refractivity (Wildman–Crippen MR) is 132 cm³/mol. The zero-order valence-corrected chi connectivity index (χ0v) is 20.8. The Labute approximate surface area is 215 Å². The lowest BCUT2D eigenvalue weighted by molar-refractivity contribution is -0.137. The second-order valence-corrected chi connectivity index (χ2v) is 9.01. The number of carbonyl (C=O) groups excluding carboxylic acids is 1. The van der Waals surface area contributed by atoms with Crippen LogP contribution in [0.5, 0.6) is 17.4 Å². The van der Waals surface area contributed by atoms with E-state index in [0.29, 0.717) is 20.3 Å². The van der Waals surface area contributed by atoms with Crippen LogP contribution in [0.2, 0.25) is 0 Å². The molecule has 10 heteroatoms. The van der Waals surface area contributed by atoms with Crippen molar-refractivity contribution < 1.29 is 27.8 Å². The summed E-state index contributed by atoms with van der Waals surface area (Å²) in [7, 11) is 0. The maximum Gasteiger partial charge on any atom is 0.416 e. The highest BCUT2D eigenvalue weighted by Crippen LogP contribution is 2.36. The standard InChI is InChI=1S/C25H15Br2F3N2O3/c26-16-12-20(23(33)21(27)13-16)24(34)32(17-6-2-1-3-7-17)18-9-10-22(31-14-18)35-19-8-4-5-15(11-19)25(28,29)30/h1-14,33H. The van der Waals surface area contributed by atoms with Crippen LogP contribution in [0.3, 0.4) is 0 Å². The van der Waals surface area contributed by atoms with Crippen LogP contribution in [-0.2, 0) is 6.18 Å². The predicted octanol–water partition coefficient (Wildman–Crippen LogP) is 8.10. The van der Waals surface area contributed by atoms with Gasteiger partial charge in [0.05, 0.1) is 27.5 Å². The third-order valence-electron chi connectivity index (χ3n) is 4.84. The highest BCUT2D eigenvalue weighted by atomic mass is 79.9. The lowest BCUT2D eigenvalue weighted by Gasteiger charge is -2.23. The summed E-state index contributed by atoms with van der Waals surface area (Å²) in [5.74, 6) is -0.734. The Balaban J connectivity index is 1.68. The topological polar surface area (TPSA) is 62.7 Å². The molecule has 0 saturated carbocycles. The molecule has 35 heavy (non-hydrogen) atoms. The zero-order valence-electron chi connectivity index (χ0n) is 17.6. The van der Waals surface area contributed by atoms with Gasteiger partial charge in [0.1, 0.15) is 11.5 Å². The molecule has 3 aromatic carbocycles. The third-order valence-corrected chi connectivity index (χ3v) is 5.90. The highest BCUT2D eigenvalue weighted by molar-refractivity contribution is 9.11. The number of para-hydroxylation sites is 1. The molecule has 0 spiro atoms. The number of carbonyl (C=O) groups is 1. The van der Waals surface area contributed by atoms with Gasteiger partial charge < -0.3 is 9.84 Å². The fourth-order valence-electron chi connectivity index (χ4n) is 3.23. The van der Waals surface area contributed by atoms with E-state index in [0.717, 1.165) is 12.1 Å². The molecule has 0 unspecified atom stereocenters. The summed E-state index contributed by atoms with van der Waals surface area (Å²) < 4.78 is 45.3.